The van der Waals surface area contributed by atoms with Crippen LogP contribution >= 0.6 is 12.2 Å². The molecule has 126 valence electrons. The largest absolute Gasteiger partial charge is 0.332 e. The zero-order chi connectivity index (χ0) is 17.5. The van der Waals surface area contributed by atoms with E-state index in [1.54, 1.807) is 6.07 Å². The summed E-state index contributed by atoms with van der Waals surface area (Å²) < 4.78 is 0. The first-order valence-corrected chi connectivity index (χ1v) is 8.15. The smallest absolute Gasteiger partial charge is 0.231 e. The van der Waals surface area contributed by atoms with E-state index in [-0.39, 0.29) is 16.9 Å². The molecule has 0 aliphatic heterocycles. The van der Waals surface area contributed by atoms with Gasteiger partial charge in [0.15, 0.2) is 5.11 Å². The van der Waals surface area contributed by atoms with Crippen LogP contribution in [0.3, 0.4) is 0 Å². The van der Waals surface area contributed by atoms with E-state index in [1.165, 1.54) is 0 Å². The number of thiocarbonyl (C=S) groups is 1. The van der Waals surface area contributed by atoms with Gasteiger partial charge in [0.1, 0.15) is 0 Å². The molecule has 0 spiro atoms. The van der Waals surface area contributed by atoms with Gasteiger partial charge >= 0.3 is 0 Å². The number of carbonyl (C=O) groups is 2. The minimum absolute atomic E-state index is 0.00684. The van der Waals surface area contributed by atoms with Crippen LogP contribution < -0.4 is 16.0 Å². The topological polar surface area (TPSA) is 70.2 Å². The predicted octanol–water partition coefficient (Wildman–Crippen LogP) is 3.67. The second-order valence-electron chi connectivity index (χ2n) is 6.39. The summed E-state index contributed by atoms with van der Waals surface area (Å²) in [7, 11) is 0. The molecule has 5 nitrogen and oxygen atoms in total. The first kappa shape index (κ1) is 19.1. The molecule has 0 radical (unpaired) electrons. The Morgan fingerprint density at radius 1 is 1.13 bits per heavy atom. The number of nitrogens with one attached hydrogen (secondary N) is 3. The van der Waals surface area contributed by atoms with Gasteiger partial charge in [-0.2, -0.15) is 0 Å². The van der Waals surface area contributed by atoms with Crippen molar-refractivity contribution in [3.8, 4) is 0 Å². The van der Waals surface area contributed by atoms with Crippen LogP contribution in [0.1, 0.15) is 47.0 Å². The second-order valence-corrected chi connectivity index (χ2v) is 6.80. The molecule has 0 bridgehead atoms. The van der Waals surface area contributed by atoms with E-state index in [0.29, 0.717) is 17.8 Å². The second kappa shape index (κ2) is 8.62. The number of hydrogen-bond donors (Lipinski definition) is 3. The van der Waals surface area contributed by atoms with Gasteiger partial charge in [-0.25, -0.2) is 0 Å². The lowest BCUT2D eigenvalue weighted by atomic mass is 9.96. The van der Waals surface area contributed by atoms with Crippen LogP contribution in [0.4, 0.5) is 11.4 Å². The minimum atomic E-state index is -0.513. The van der Waals surface area contributed by atoms with Gasteiger partial charge in [0.05, 0.1) is 0 Å². The van der Waals surface area contributed by atoms with Gasteiger partial charge in [-0.1, -0.05) is 40.2 Å². The highest BCUT2D eigenvalue weighted by Crippen LogP contribution is 2.16. The van der Waals surface area contributed by atoms with Crippen LogP contribution in [0.5, 0.6) is 0 Å². The molecule has 0 unspecified atom stereocenters. The molecule has 0 aliphatic carbocycles. The quantitative estimate of drug-likeness (QED) is 0.718. The van der Waals surface area contributed by atoms with Gasteiger partial charge in [0.25, 0.3) is 0 Å². The van der Waals surface area contributed by atoms with Crippen molar-refractivity contribution in [1.29, 1.82) is 0 Å². The molecule has 0 saturated heterocycles. The van der Waals surface area contributed by atoms with Crippen LogP contribution in [0.15, 0.2) is 24.3 Å². The van der Waals surface area contributed by atoms with Crippen LogP contribution in [0.25, 0.3) is 0 Å². The highest BCUT2D eigenvalue weighted by atomic mass is 32.1. The molecule has 0 atom stereocenters. The van der Waals surface area contributed by atoms with Crippen molar-refractivity contribution in [1.82, 2.24) is 5.32 Å². The molecule has 1 rings (SSSR count). The summed E-state index contributed by atoms with van der Waals surface area (Å²) in [5.41, 5.74) is 0.888. The number of amides is 2. The van der Waals surface area contributed by atoms with Gasteiger partial charge in [-0.05, 0) is 36.8 Å². The molecule has 0 aliphatic rings. The number of carbonyl (C=O) groups excluding carboxylic acids is 2. The lowest BCUT2D eigenvalue weighted by Gasteiger charge is -2.18. The first-order chi connectivity index (χ1) is 10.7. The van der Waals surface area contributed by atoms with Crippen LogP contribution in [0.2, 0.25) is 0 Å². The van der Waals surface area contributed by atoms with Crippen molar-refractivity contribution in [2.24, 2.45) is 5.41 Å². The Morgan fingerprint density at radius 2 is 1.74 bits per heavy atom. The van der Waals surface area contributed by atoms with Gasteiger partial charge in [0.2, 0.25) is 11.8 Å². The van der Waals surface area contributed by atoms with Crippen molar-refractivity contribution in [2.45, 2.75) is 47.0 Å². The molecule has 1 aromatic rings. The molecule has 0 fully saturated rings. The Bertz CT molecular complexity index is 579. The molecule has 2 amide bonds. The van der Waals surface area contributed by atoms with Crippen molar-refractivity contribution in [2.75, 3.05) is 10.6 Å². The molecular formula is C17H25N3O2S. The fraction of sp³-hybridized carbons (Fsp3) is 0.471. The third-order valence-electron chi connectivity index (χ3n) is 3.07. The van der Waals surface area contributed by atoms with Gasteiger partial charge in [-0.3, -0.25) is 9.59 Å². The van der Waals surface area contributed by atoms with Crippen molar-refractivity contribution < 1.29 is 9.59 Å². The van der Waals surface area contributed by atoms with E-state index < -0.39 is 5.41 Å². The Hall–Kier alpha value is -1.95. The summed E-state index contributed by atoms with van der Waals surface area (Å²) >= 11 is 5.14. The number of anilines is 2. The lowest BCUT2D eigenvalue weighted by molar-refractivity contribution is -0.126. The lowest BCUT2D eigenvalue weighted by Crippen LogP contribution is -2.41. The van der Waals surface area contributed by atoms with Crippen LogP contribution in [-0.2, 0) is 9.59 Å². The molecule has 23 heavy (non-hydrogen) atoms. The molecule has 6 heteroatoms. The molecule has 1 aromatic carbocycles. The normalized spacial score (nSPS) is 10.8. The van der Waals surface area contributed by atoms with E-state index in [1.807, 2.05) is 45.9 Å². The van der Waals surface area contributed by atoms with Crippen LogP contribution in [-0.4, -0.2) is 16.9 Å². The maximum Gasteiger partial charge on any atom is 0.231 e. The van der Waals surface area contributed by atoms with E-state index in [9.17, 15) is 9.59 Å². The number of rotatable bonds is 5. The van der Waals surface area contributed by atoms with Gasteiger partial charge < -0.3 is 16.0 Å². The average molecular weight is 335 g/mol. The van der Waals surface area contributed by atoms with Gasteiger partial charge in [-0.15, -0.1) is 0 Å². The van der Waals surface area contributed by atoms with Crippen molar-refractivity contribution in [3.05, 3.63) is 24.3 Å². The molecule has 0 saturated carbocycles. The molecule has 3 N–H and O–H groups in total. The Balaban J connectivity index is 2.61. The third-order valence-corrected chi connectivity index (χ3v) is 3.27. The summed E-state index contributed by atoms with van der Waals surface area (Å²) in [6.45, 7) is 7.50. The molecule has 0 aromatic heterocycles. The van der Waals surface area contributed by atoms with Crippen LogP contribution in [0, 0.1) is 5.41 Å². The standard InChI is InChI=1S/C17H25N3O2S/c1-5-6-10-14(21)18-12-8-7-9-13(11-12)19-16(23)20-15(22)17(2,3)4/h7-9,11H,5-6,10H2,1-4H3,(H,18,21)(H2,19,20,22,23). The highest BCUT2D eigenvalue weighted by Gasteiger charge is 2.21. The van der Waals surface area contributed by atoms with Gasteiger partial charge in [0, 0.05) is 23.2 Å². The maximum absolute atomic E-state index is 11.9. The number of benzene rings is 1. The van der Waals surface area contributed by atoms with E-state index in [4.69, 9.17) is 12.2 Å². The van der Waals surface area contributed by atoms with E-state index in [0.717, 1.165) is 12.8 Å². The van der Waals surface area contributed by atoms with E-state index >= 15 is 0 Å². The van der Waals surface area contributed by atoms with Crippen molar-refractivity contribution in [3.63, 3.8) is 0 Å². The average Bonchev–Trinajstić information content (AvgIpc) is 2.44. The fourth-order valence-corrected chi connectivity index (χ4v) is 1.90. The molecular weight excluding hydrogens is 310 g/mol. The summed E-state index contributed by atoms with van der Waals surface area (Å²) in [5, 5.41) is 8.68. The number of hydrogen-bond acceptors (Lipinski definition) is 3. The van der Waals surface area contributed by atoms with Crippen molar-refractivity contribution >= 4 is 40.5 Å². The molecule has 0 heterocycles. The zero-order valence-electron chi connectivity index (χ0n) is 14.2. The SMILES string of the molecule is CCCCC(=O)Nc1cccc(NC(=S)NC(=O)C(C)(C)C)c1. The number of unbranched alkanes of at least 4 members (excludes halogenated alkanes) is 1. The predicted molar refractivity (Wildman–Crippen MR) is 98.4 cm³/mol. The Morgan fingerprint density at radius 3 is 2.30 bits per heavy atom. The Kier molecular flexibility index (Phi) is 7.16. The summed E-state index contributed by atoms with van der Waals surface area (Å²) in [6, 6.07) is 7.22. The minimum Gasteiger partial charge on any atom is -0.332 e. The summed E-state index contributed by atoms with van der Waals surface area (Å²) in [6.07, 6.45) is 2.36. The highest BCUT2D eigenvalue weighted by molar-refractivity contribution is 7.80. The third kappa shape index (κ3) is 7.23. The maximum atomic E-state index is 11.9. The first-order valence-electron chi connectivity index (χ1n) is 7.74. The monoisotopic (exact) mass is 335 g/mol. The summed E-state index contributed by atoms with van der Waals surface area (Å²) in [5.74, 6) is -0.161. The zero-order valence-corrected chi connectivity index (χ0v) is 15.0. The Labute approximate surface area is 143 Å². The van der Waals surface area contributed by atoms with E-state index in [2.05, 4.69) is 16.0 Å². The summed E-state index contributed by atoms with van der Waals surface area (Å²) in [4.78, 5) is 23.6. The fourth-order valence-electron chi connectivity index (χ4n) is 1.69.